The van der Waals surface area contributed by atoms with Crippen LogP contribution in [0.1, 0.15) is 42.7 Å². The first kappa shape index (κ1) is 13.2. The molecular weight excluding hydrogens is 248 g/mol. The largest absolute Gasteiger partial charge is 0.356 e. The summed E-state index contributed by atoms with van der Waals surface area (Å²) in [7, 11) is 0. The zero-order valence-electron chi connectivity index (χ0n) is 11.6. The summed E-state index contributed by atoms with van der Waals surface area (Å²) in [6.45, 7) is 0.706. The molecule has 0 saturated heterocycles. The molecule has 0 radical (unpaired) electrons. The average Bonchev–Trinajstić information content (AvgIpc) is 3.22. The van der Waals surface area contributed by atoms with Crippen LogP contribution in [0.3, 0.4) is 0 Å². The summed E-state index contributed by atoms with van der Waals surface area (Å²) in [6.07, 6.45) is 4.62. The van der Waals surface area contributed by atoms with Gasteiger partial charge in [-0.05, 0) is 48.6 Å². The quantitative estimate of drug-likeness (QED) is 0.835. The Morgan fingerprint density at radius 2 is 2.20 bits per heavy atom. The Morgan fingerprint density at radius 3 is 3.05 bits per heavy atom. The van der Waals surface area contributed by atoms with E-state index in [-0.39, 0.29) is 11.8 Å². The van der Waals surface area contributed by atoms with Crippen molar-refractivity contribution in [1.29, 1.82) is 5.26 Å². The summed E-state index contributed by atoms with van der Waals surface area (Å²) in [6, 6.07) is 10.7. The number of carbonyl (C=O) groups is 1. The first-order chi connectivity index (χ1) is 9.83. The maximum absolute atomic E-state index is 12.2. The summed E-state index contributed by atoms with van der Waals surface area (Å²) in [5.41, 5.74) is 2.83. The number of rotatable bonds is 5. The third-order valence-corrected chi connectivity index (χ3v) is 4.65. The highest BCUT2D eigenvalue weighted by Gasteiger charge is 2.56. The summed E-state index contributed by atoms with van der Waals surface area (Å²) in [5.74, 6) is 1.42. The number of nitriles is 1. The van der Waals surface area contributed by atoms with Gasteiger partial charge in [-0.15, -0.1) is 0 Å². The standard InChI is InChI=1S/C17H20N2O/c18-10-4-1-5-11-19-17(20)16-14-9-8-12-6-2-3-7-13(12)15(14)16/h2-3,6-7,14-16H,1,4-5,8-9,11H2,(H,19,20). The molecule has 20 heavy (non-hydrogen) atoms. The molecular formula is C17H20N2O. The number of nitrogens with zero attached hydrogens (tertiary/aromatic N) is 1. The van der Waals surface area contributed by atoms with Crippen molar-refractivity contribution < 1.29 is 4.79 Å². The highest BCUT2D eigenvalue weighted by Crippen LogP contribution is 2.59. The molecule has 2 aliphatic carbocycles. The molecule has 0 spiro atoms. The molecule has 0 heterocycles. The lowest BCUT2D eigenvalue weighted by molar-refractivity contribution is -0.122. The normalized spacial score (nSPS) is 26.1. The van der Waals surface area contributed by atoms with Gasteiger partial charge in [0.05, 0.1) is 6.07 Å². The second-order valence-electron chi connectivity index (χ2n) is 5.86. The van der Waals surface area contributed by atoms with Gasteiger partial charge in [0.15, 0.2) is 0 Å². The molecule has 1 aromatic rings. The van der Waals surface area contributed by atoms with Crippen LogP contribution in [0.25, 0.3) is 0 Å². The number of hydrogen-bond acceptors (Lipinski definition) is 2. The number of benzene rings is 1. The lowest BCUT2D eigenvalue weighted by Crippen LogP contribution is -2.26. The Balaban J connectivity index is 1.54. The smallest absolute Gasteiger partial charge is 0.224 e. The molecule has 3 nitrogen and oxygen atoms in total. The zero-order valence-corrected chi connectivity index (χ0v) is 11.6. The third kappa shape index (κ3) is 2.43. The van der Waals surface area contributed by atoms with E-state index in [2.05, 4.69) is 35.7 Å². The third-order valence-electron chi connectivity index (χ3n) is 4.65. The molecule has 104 valence electrons. The second kappa shape index (κ2) is 5.66. The van der Waals surface area contributed by atoms with Crippen LogP contribution in [-0.4, -0.2) is 12.5 Å². The lowest BCUT2D eigenvalue weighted by Gasteiger charge is -2.13. The number of carbonyl (C=O) groups excluding carboxylic acids is 1. The van der Waals surface area contributed by atoms with Crippen LogP contribution in [0, 0.1) is 23.2 Å². The van der Waals surface area contributed by atoms with Crippen LogP contribution >= 0.6 is 0 Å². The van der Waals surface area contributed by atoms with E-state index in [9.17, 15) is 4.79 Å². The van der Waals surface area contributed by atoms with E-state index in [1.54, 1.807) is 0 Å². The molecule has 1 N–H and O–H groups in total. The molecule has 1 aromatic carbocycles. The molecule has 3 unspecified atom stereocenters. The maximum Gasteiger partial charge on any atom is 0.224 e. The lowest BCUT2D eigenvalue weighted by atomic mass is 9.92. The van der Waals surface area contributed by atoms with Crippen molar-refractivity contribution >= 4 is 5.91 Å². The zero-order chi connectivity index (χ0) is 13.9. The first-order valence-electron chi connectivity index (χ1n) is 7.55. The number of amides is 1. The van der Waals surface area contributed by atoms with Gasteiger partial charge < -0.3 is 5.32 Å². The molecule has 3 heteroatoms. The monoisotopic (exact) mass is 268 g/mol. The number of unbranched alkanes of at least 4 members (excludes halogenated alkanes) is 2. The van der Waals surface area contributed by atoms with Gasteiger partial charge in [0.25, 0.3) is 0 Å². The minimum Gasteiger partial charge on any atom is -0.356 e. The van der Waals surface area contributed by atoms with Crippen molar-refractivity contribution in [2.24, 2.45) is 11.8 Å². The topological polar surface area (TPSA) is 52.9 Å². The molecule has 0 aliphatic heterocycles. The van der Waals surface area contributed by atoms with Crippen molar-refractivity contribution in [2.75, 3.05) is 6.54 Å². The number of hydrogen-bond donors (Lipinski definition) is 1. The summed E-state index contributed by atoms with van der Waals surface area (Å²) >= 11 is 0. The Bertz CT molecular complexity index is 546. The van der Waals surface area contributed by atoms with Crippen LogP contribution in [0.5, 0.6) is 0 Å². The Kier molecular flexibility index (Phi) is 3.73. The van der Waals surface area contributed by atoms with Crippen molar-refractivity contribution in [1.82, 2.24) is 5.32 Å². The van der Waals surface area contributed by atoms with Gasteiger partial charge in [0.2, 0.25) is 5.91 Å². The van der Waals surface area contributed by atoms with Crippen LogP contribution in [0.4, 0.5) is 0 Å². The number of fused-ring (bicyclic) bond motifs is 3. The van der Waals surface area contributed by atoms with Gasteiger partial charge in [-0.1, -0.05) is 24.3 Å². The van der Waals surface area contributed by atoms with E-state index in [1.807, 2.05) is 0 Å². The van der Waals surface area contributed by atoms with Gasteiger partial charge >= 0.3 is 0 Å². The Morgan fingerprint density at radius 1 is 1.35 bits per heavy atom. The van der Waals surface area contributed by atoms with E-state index in [0.717, 1.165) is 25.7 Å². The van der Waals surface area contributed by atoms with E-state index < -0.39 is 0 Å². The first-order valence-corrected chi connectivity index (χ1v) is 7.55. The van der Waals surface area contributed by atoms with Crippen molar-refractivity contribution in [2.45, 2.75) is 38.0 Å². The Hall–Kier alpha value is -1.82. The fourth-order valence-electron chi connectivity index (χ4n) is 3.58. The molecule has 3 atom stereocenters. The van der Waals surface area contributed by atoms with E-state index in [1.165, 1.54) is 11.1 Å². The molecule has 1 amide bonds. The Labute approximate surface area is 120 Å². The second-order valence-corrected chi connectivity index (χ2v) is 5.86. The van der Waals surface area contributed by atoms with E-state index >= 15 is 0 Å². The fourth-order valence-corrected chi connectivity index (χ4v) is 3.58. The summed E-state index contributed by atoms with van der Waals surface area (Å²) in [5, 5.41) is 11.5. The van der Waals surface area contributed by atoms with Crippen LogP contribution in [0.2, 0.25) is 0 Å². The van der Waals surface area contributed by atoms with Crippen molar-refractivity contribution in [3.8, 4) is 6.07 Å². The number of aryl methyl sites for hydroxylation is 1. The molecule has 3 rings (SSSR count). The predicted molar refractivity (Wildman–Crippen MR) is 77.0 cm³/mol. The van der Waals surface area contributed by atoms with Crippen molar-refractivity contribution in [3.05, 3.63) is 35.4 Å². The highest BCUT2D eigenvalue weighted by atomic mass is 16.2. The summed E-state index contributed by atoms with van der Waals surface area (Å²) in [4.78, 5) is 12.2. The molecule has 0 bridgehead atoms. The maximum atomic E-state index is 12.2. The molecule has 0 aromatic heterocycles. The van der Waals surface area contributed by atoms with Crippen LogP contribution in [0.15, 0.2) is 24.3 Å². The average molecular weight is 268 g/mol. The SMILES string of the molecule is N#CCCCCNC(=O)C1C2CCc3ccccc3C21. The van der Waals surface area contributed by atoms with Gasteiger partial charge in [0, 0.05) is 18.9 Å². The van der Waals surface area contributed by atoms with Crippen molar-refractivity contribution in [3.63, 3.8) is 0 Å². The highest BCUT2D eigenvalue weighted by molar-refractivity contribution is 5.84. The van der Waals surface area contributed by atoms with E-state index in [4.69, 9.17) is 5.26 Å². The van der Waals surface area contributed by atoms with E-state index in [0.29, 0.717) is 24.8 Å². The predicted octanol–water partition coefficient (Wildman–Crippen LogP) is 2.77. The minimum absolute atomic E-state index is 0.189. The summed E-state index contributed by atoms with van der Waals surface area (Å²) < 4.78 is 0. The molecule has 1 saturated carbocycles. The fraction of sp³-hybridized carbons (Fsp3) is 0.529. The van der Waals surface area contributed by atoms with Crippen LogP contribution < -0.4 is 5.32 Å². The van der Waals surface area contributed by atoms with Crippen LogP contribution in [-0.2, 0) is 11.2 Å². The van der Waals surface area contributed by atoms with Gasteiger partial charge in [-0.25, -0.2) is 0 Å². The minimum atomic E-state index is 0.189. The molecule has 1 fully saturated rings. The van der Waals surface area contributed by atoms with Gasteiger partial charge in [-0.2, -0.15) is 5.26 Å². The van der Waals surface area contributed by atoms with Gasteiger partial charge in [0.1, 0.15) is 0 Å². The van der Waals surface area contributed by atoms with Gasteiger partial charge in [-0.3, -0.25) is 4.79 Å². The number of nitrogens with one attached hydrogen (secondary N) is 1. The molecule has 2 aliphatic rings.